The molecule has 0 spiro atoms. The molecule has 0 bridgehead atoms. The van der Waals surface area contributed by atoms with Crippen LogP contribution in [0.2, 0.25) is 0 Å². The van der Waals surface area contributed by atoms with Crippen molar-refractivity contribution in [2.24, 2.45) is 5.73 Å². The van der Waals surface area contributed by atoms with Gasteiger partial charge in [-0.05, 0) is 57.8 Å². The molecule has 0 saturated carbocycles. The second-order valence-corrected chi connectivity index (χ2v) is 15.6. The fourth-order valence-electron chi connectivity index (χ4n) is 5.52. The lowest BCUT2D eigenvalue weighted by atomic mass is 10.1. The monoisotopic (exact) mass is 786 g/mol. The first kappa shape index (κ1) is 51.7. The van der Waals surface area contributed by atoms with E-state index in [1.807, 2.05) is 6.08 Å². The van der Waals surface area contributed by atoms with Gasteiger partial charge in [0.05, 0.1) is 13.2 Å². The number of ether oxygens (including phenoxy) is 2. The number of hydrogen-bond donors (Lipinski definition) is 3. The van der Waals surface area contributed by atoms with Gasteiger partial charge in [-0.3, -0.25) is 23.4 Å². The Balaban J connectivity index is 4.45. The van der Waals surface area contributed by atoms with E-state index in [2.05, 4.69) is 48.8 Å². The van der Waals surface area contributed by atoms with Gasteiger partial charge in [0.2, 0.25) is 0 Å². The summed E-state index contributed by atoms with van der Waals surface area (Å²) in [5.41, 5.74) is 5.32. The molecule has 3 atom stereocenters. The first-order chi connectivity index (χ1) is 26.1. The Morgan fingerprint density at radius 3 is 1.57 bits per heavy atom. The van der Waals surface area contributed by atoms with Gasteiger partial charge in [-0.25, -0.2) is 4.57 Å². The smallest absolute Gasteiger partial charge is 0.472 e. The normalized spacial score (nSPS) is 14.1. The summed E-state index contributed by atoms with van der Waals surface area (Å²) < 4.78 is 32.6. The molecule has 0 rings (SSSR count). The highest BCUT2D eigenvalue weighted by Gasteiger charge is 2.28. The molecule has 0 heterocycles. The van der Waals surface area contributed by atoms with Crippen LogP contribution in [0.1, 0.15) is 181 Å². The quantitative estimate of drug-likeness (QED) is 0.0234. The number of carboxylic acid groups (broad SMARTS) is 1. The van der Waals surface area contributed by atoms with Crippen LogP contribution in [0.3, 0.4) is 0 Å². The van der Waals surface area contributed by atoms with E-state index >= 15 is 0 Å². The molecule has 4 N–H and O–H groups in total. The lowest BCUT2D eigenvalue weighted by Gasteiger charge is -2.20. The number of esters is 2. The zero-order chi connectivity index (χ0) is 40.0. The highest BCUT2D eigenvalue weighted by molar-refractivity contribution is 7.47. The fourth-order valence-corrected chi connectivity index (χ4v) is 6.30. The van der Waals surface area contributed by atoms with E-state index in [0.29, 0.717) is 12.8 Å². The molecule has 0 radical (unpaired) electrons. The van der Waals surface area contributed by atoms with Gasteiger partial charge in [-0.15, -0.1) is 0 Å². The summed E-state index contributed by atoms with van der Waals surface area (Å²) in [6.07, 6.45) is 39.3. The third-order valence-corrected chi connectivity index (χ3v) is 9.82. The topological polar surface area (TPSA) is 172 Å². The van der Waals surface area contributed by atoms with Crippen molar-refractivity contribution >= 4 is 25.7 Å². The van der Waals surface area contributed by atoms with Crippen LogP contribution in [0.4, 0.5) is 0 Å². The van der Waals surface area contributed by atoms with E-state index in [0.717, 1.165) is 57.8 Å². The number of carbonyl (C=O) groups excluding carboxylic acids is 2. The number of hydrogen-bond acceptors (Lipinski definition) is 9. The molecule has 12 heteroatoms. The minimum absolute atomic E-state index is 0.0753. The molecule has 314 valence electrons. The van der Waals surface area contributed by atoms with E-state index in [9.17, 15) is 23.8 Å². The Kier molecular flexibility index (Phi) is 36.0. The van der Waals surface area contributed by atoms with Crippen LogP contribution in [0.15, 0.2) is 36.5 Å². The summed E-state index contributed by atoms with van der Waals surface area (Å²) in [5.74, 6) is -2.46. The molecule has 0 aliphatic rings. The minimum Gasteiger partial charge on any atom is -0.480 e. The van der Waals surface area contributed by atoms with Crippen LogP contribution in [0.25, 0.3) is 0 Å². The van der Waals surface area contributed by atoms with Crippen LogP contribution in [-0.2, 0) is 37.5 Å². The van der Waals surface area contributed by atoms with Crippen molar-refractivity contribution in [1.82, 2.24) is 0 Å². The van der Waals surface area contributed by atoms with Crippen LogP contribution in [-0.4, -0.2) is 59.9 Å². The van der Waals surface area contributed by atoms with Gasteiger partial charge in [0, 0.05) is 12.8 Å². The number of rotatable bonds is 39. The van der Waals surface area contributed by atoms with Gasteiger partial charge in [0.1, 0.15) is 12.6 Å². The Bertz CT molecular complexity index is 1060. The lowest BCUT2D eigenvalue weighted by Crippen LogP contribution is -2.34. The van der Waals surface area contributed by atoms with Crippen LogP contribution in [0, 0.1) is 0 Å². The zero-order valence-corrected chi connectivity index (χ0v) is 34.7. The van der Waals surface area contributed by atoms with Crippen molar-refractivity contribution in [2.75, 3.05) is 19.8 Å². The number of allylic oxidation sites excluding steroid dienone is 6. The van der Waals surface area contributed by atoms with Crippen molar-refractivity contribution in [3.05, 3.63) is 36.5 Å². The molecule has 11 nitrogen and oxygen atoms in total. The third kappa shape index (κ3) is 36.7. The summed E-state index contributed by atoms with van der Waals surface area (Å²) in [6.45, 7) is 2.72. The minimum atomic E-state index is -4.72. The highest BCUT2D eigenvalue weighted by atomic mass is 31.2. The maximum atomic E-state index is 12.6. The maximum Gasteiger partial charge on any atom is 0.472 e. The first-order valence-electron chi connectivity index (χ1n) is 21.0. The van der Waals surface area contributed by atoms with Crippen LogP contribution in [0.5, 0.6) is 0 Å². The molecule has 0 aliphatic carbocycles. The van der Waals surface area contributed by atoms with E-state index in [1.54, 1.807) is 0 Å². The Morgan fingerprint density at radius 2 is 1.02 bits per heavy atom. The molecule has 0 saturated heterocycles. The first-order valence-corrected chi connectivity index (χ1v) is 22.5. The second kappa shape index (κ2) is 37.6. The predicted octanol–water partition coefficient (Wildman–Crippen LogP) is 10.8. The summed E-state index contributed by atoms with van der Waals surface area (Å²) in [4.78, 5) is 45.8. The van der Waals surface area contributed by atoms with E-state index < -0.39 is 51.1 Å². The van der Waals surface area contributed by atoms with Crippen molar-refractivity contribution < 1.29 is 47.5 Å². The SMILES string of the molecule is CCCCC/C=C/C/C=C/CCCCCCCC(=O)OC[C@H](COP(=O)(O)OC[C@H](N)C(=O)O)OC(=O)CC/C=C/CCCCCCCCCCCCC. The molecule has 0 aromatic carbocycles. The fraction of sp³-hybridized carbons (Fsp3) is 0.786. The molecule has 1 unspecified atom stereocenters. The highest BCUT2D eigenvalue weighted by Crippen LogP contribution is 2.43. The van der Waals surface area contributed by atoms with E-state index in [-0.39, 0.29) is 19.4 Å². The van der Waals surface area contributed by atoms with Gasteiger partial charge >= 0.3 is 25.7 Å². The number of aliphatic carboxylic acids is 1. The van der Waals surface area contributed by atoms with Crippen molar-refractivity contribution in [3.63, 3.8) is 0 Å². The van der Waals surface area contributed by atoms with Crippen molar-refractivity contribution in [3.8, 4) is 0 Å². The zero-order valence-electron chi connectivity index (χ0n) is 33.8. The largest absolute Gasteiger partial charge is 0.480 e. The lowest BCUT2D eigenvalue weighted by molar-refractivity contribution is -0.161. The van der Waals surface area contributed by atoms with E-state index in [4.69, 9.17) is 24.8 Å². The van der Waals surface area contributed by atoms with Crippen molar-refractivity contribution in [2.45, 2.75) is 193 Å². The maximum absolute atomic E-state index is 12.6. The standard InChI is InChI=1S/C42H76NO10P/c1-3-5-7-9-11-13-15-17-19-21-23-25-27-29-31-33-40(44)50-35-38(36-51-54(48,49)52-37-39(43)42(46)47)53-41(45)34-32-30-28-26-24-22-20-18-16-14-12-10-8-6-4-2/h11,13,17,19,28,30,38-39H,3-10,12,14-16,18,20-27,29,31-37,43H2,1-2H3,(H,46,47)(H,48,49)/b13-11+,19-17+,30-28+/t38-,39+/m1/s1. The molecule has 0 amide bonds. The average Bonchev–Trinajstić information content (AvgIpc) is 3.14. The van der Waals surface area contributed by atoms with Gasteiger partial charge in [-0.1, -0.05) is 147 Å². The number of carbonyl (C=O) groups is 3. The van der Waals surface area contributed by atoms with Crippen LogP contribution < -0.4 is 5.73 Å². The molecule has 0 aromatic rings. The molecule has 0 aromatic heterocycles. The Labute approximate surface area is 327 Å². The summed E-state index contributed by atoms with van der Waals surface area (Å²) in [5, 5.41) is 8.87. The van der Waals surface area contributed by atoms with Gasteiger partial charge < -0.3 is 25.2 Å². The molecule has 0 aliphatic heterocycles. The number of phosphoric acid groups is 1. The molecular formula is C42H76NO10P. The molecule has 0 fully saturated rings. The second-order valence-electron chi connectivity index (χ2n) is 14.1. The average molecular weight is 786 g/mol. The number of phosphoric ester groups is 1. The Hall–Kier alpha value is -2.30. The molecular weight excluding hydrogens is 709 g/mol. The Morgan fingerprint density at radius 1 is 0.574 bits per heavy atom. The van der Waals surface area contributed by atoms with Gasteiger partial charge in [0.25, 0.3) is 0 Å². The summed E-state index contributed by atoms with van der Waals surface area (Å²) >= 11 is 0. The third-order valence-electron chi connectivity index (χ3n) is 8.87. The van der Waals surface area contributed by atoms with Crippen LogP contribution >= 0.6 is 7.82 Å². The number of nitrogens with two attached hydrogens (primary N) is 1. The van der Waals surface area contributed by atoms with E-state index in [1.165, 1.54) is 83.5 Å². The van der Waals surface area contributed by atoms with Crippen molar-refractivity contribution in [1.29, 1.82) is 0 Å². The van der Waals surface area contributed by atoms with Gasteiger partial charge in [0.15, 0.2) is 6.10 Å². The van der Waals surface area contributed by atoms with Gasteiger partial charge in [-0.2, -0.15) is 0 Å². The predicted molar refractivity (Wildman–Crippen MR) is 217 cm³/mol. The molecule has 54 heavy (non-hydrogen) atoms. The summed E-state index contributed by atoms with van der Waals surface area (Å²) in [7, 11) is -4.72. The summed E-state index contributed by atoms with van der Waals surface area (Å²) in [6, 6.07) is -1.53. The number of unbranched alkanes of at least 4 members (excludes halogenated alkanes) is 19. The number of carboxylic acids is 1.